The highest BCUT2D eigenvalue weighted by Crippen LogP contribution is 2.40. The largest absolute Gasteiger partial charge is 0.416 e. The van der Waals surface area contributed by atoms with Crippen LogP contribution < -0.4 is 5.32 Å². The average Bonchev–Trinajstić information content (AvgIpc) is 3.53. The van der Waals surface area contributed by atoms with Crippen LogP contribution in [-0.4, -0.2) is 39.0 Å². The van der Waals surface area contributed by atoms with Crippen LogP contribution in [0.5, 0.6) is 0 Å². The minimum absolute atomic E-state index is 0.0262. The lowest BCUT2D eigenvalue weighted by Crippen LogP contribution is -2.56. The van der Waals surface area contributed by atoms with Gasteiger partial charge in [0.05, 0.1) is 30.0 Å². The fourth-order valence-corrected chi connectivity index (χ4v) is 4.35. The summed E-state index contributed by atoms with van der Waals surface area (Å²) in [5.74, 6) is -0.499. The molecule has 3 aromatic rings. The lowest BCUT2D eigenvalue weighted by Gasteiger charge is -2.42. The van der Waals surface area contributed by atoms with Gasteiger partial charge in [0.15, 0.2) is 5.65 Å². The number of alkyl halides is 3. The maximum absolute atomic E-state index is 14.9. The lowest BCUT2D eigenvalue weighted by molar-refractivity contribution is -0.137. The summed E-state index contributed by atoms with van der Waals surface area (Å²) >= 11 is 0. The number of halogens is 4. The van der Waals surface area contributed by atoms with E-state index in [4.69, 9.17) is 4.74 Å². The zero-order chi connectivity index (χ0) is 22.5. The summed E-state index contributed by atoms with van der Waals surface area (Å²) < 4.78 is 60.9. The van der Waals surface area contributed by atoms with Crippen molar-refractivity contribution in [3.05, 3.63) is 64.9 Å². The number of hydrogen-bond donors (Lipinski definition) is 2. The molecule has 3 heterocycles. The molecular weight excluding hydrogens is 428 g/mol. The SMILES string of the molecule is OC1COCCC1(NCc1cnn2cc(C3CC3)cnc12)c1ccc(C(F)(F)F)cc1F. The first-order chi connectivity index (χ1) is 15.3. The number of hydrogen-bond acceptors (Lipinski definition) is 5. The van der Waals surface area contributed by atoms with Gasteiger partial charge in [-0.05, 0) is 42.9 Å². The first-order valence-corrected chi connectivity index (χ1v) is 10.5. The molecule has 32 heavy (non-hydrogen) atoms. The highest BCUT2D eigenvalue weighted by atomic mass is 19.4. The molecule has 0 bridgehead atoms. The quantitative estimate of drug-likeness (QED) is 0.582. The van der Waals surface area contributed by atoms with Crippen molar-refractivity contribution >= 4 is 5.65 Å². The minimum Gasteiger partial charge on any atom is -0.388 e. The van der Waals surface area contributed by atoms with Crippen LogP contribution in [0, 0.1) is 5.82 Å². The average molecular weight is 450 g/mol. The molecule has 10 heteroatoms. The van der Waals surface area contributed by atoms with E-state index in [2.05, 4.69) is 15.4 Å². The predicted molar refractivity (Wildman–Crippen MR) is 106 cm³/mol. The van der Waals surface area contributed by atoms with E-state index < -0.39 is 29.2 Å². The van der Waals surface area contributed by atoms with E-state index in [1.165, 1.54) is 0 Å². The van der Waals surface area contributed by atoms with Crippen LogP contribution in [0.4, 0.5) is 17.6 Å². The molecule has 6 nitrogen and oxygen atoms in total. The molecule has 2 atom stereocenters. The fourth-order valence-electron chi connectivity index (χ4n) is 4.35. The first kappa shape index (κ1) is 21.3. The van der Waals surface area contributed by atoms with Gasteiger partial charge in [0, 0.05) is 36.7 Å². The molecule has 1 saturated carbocycles. The smallest absolute Gasteiger partial charge is 0.388 e. The van der Waals surface area contributed by atoms with Gasteiger partial charge in [-0.1, -0.05) is 6.07 Å². The number of nitrogens with one attached hydrogen (secondary N) is 1. The van der Waals surface area contributed by atoms with E-state index in [-0.39, 0.29) is 31.7 Å². The molecule has 2 unspecified atom stereocenters. The first-order valence-electron chi connectivity index (χ1n) is 10.5. The second-order valence-electron chi connectivity index (χ2n) is 8.46. The highest BCUT2D eigenvalue weighted by Gasteiger charge is 2.44. The fraction of sp³-hybridized carbons (Fsp3) is 0.455. The summed E-state index contributed by atoms with van der Waals surface area (Å²) in [5, 5.41) is 18.3. The molecule has 1 saturated heterocycles. The van der Waals surface area contributed by atoms with Crippen molar-refractivity contribution in [2.24, 2.45) is 0 Å². The minimum atomic E-state index is -4.66. The number of aromatic nitrogens is 3. The second-order valence-corrected chi connectivity index (χ2v) is 8.46. The normalized spacial score (nSPS) is 24.2. The summed E-state index contributed by atoms with van der Waals surface area (Å²) in [7, 11) is 0. The highest BCUT2D eigenvalue weighted by molar-refractivity contribution is 5.47. The molecule has 0 amide bonds. The van der Waals surface area contributed by atoms with Crippen LogP contribution >= 0.6 is 0 Å². The Hall–Kier alpha value is -2.56. The molecular formula is C22H22F4N4O2. The number of rotatable bonds is 5. The van der Waals surface area contributed by atoms with Crippen LogP contribution in [0.3, 0.4) is 0 Å². The van der Waals surface area contributed by atoms with E-state index in [1.807, 2.05) is 12.4 Å². The Morgan fingerprint density at radius 2 is 2.06 bits per heavy atom. The summed E-state index contributed by atoms with van der Waals surface area (Å²) in [6, 6.07) is 2.40. The van der Waals surface area contributed by atoms with Gasteiger partial charge in [0.2, 0.25) is 0 Å². The van der Waals surface area contributed by atoms with Crippen LogP contribution in [0.1, 0.15) is 47.4 Å². The molecule has 2 fully saturated rings. The zero-order valence-electron chi connectivity index (χ0n) is 17.1. The van der Waals surface area contributed by atoms with Crippen LogP contribution in [0.2, 0.25) is 0 Å². The maximum atomic E-state index is 14.9. The van der Waals surface area contributed by atoms with Gasteiger partial charge in [0.25, 0.3) is 0 Å². The van der Waals surface area contributed by atoms with Gasteiger partial charge >= 0.3 is 6.18 Å². The van der Waals surface area contributed by atoms with E-state index in [9.17, 15) is 22.7 Å². The standard InChI is InChI=1S/C22H22F4N4O2/c23-18-7-16(22(24,25)26)3-4-17(18)21(5-6-32-12-19(21)31)28-9-14-10-29-30-11-15(13-1-2-13)8-27-20(14)30/h3-4,7-8,10-11,13,19,28,31H,1-2,5-6,9,12H2. The number of aliphatic hydroxyl groups is 1. The summed E-state index contributed by atoms with van der Waals surface area (Å²) in [6.45, 7) is 0.351. The van der Waals surface area contributed by atoms with Gasteiger partial charge in [0.1, 0.15) is 5.82 Å². The Kier molecular flexibility index (Phi) is 5.18. The van der Waals surface area contributed by atoms with Crippen molar-refractivity contribution in [3.8, 4) is 0 Å². The number of fused-ring (bicyclic) bond motifs is 1. The third-order valence-corrected chi connectivity index (χ3v) is 6.35. The predicted octanol–water partition coefficient (Wildman–Crippen LogP) is 3.53. The van der Waals surface area contributed by atoms with Gasteiger partial charge in [-0.2, -0.15) is 18.3 Å². The van der Waals surface area contributed by atoms with E-state index >= 15 is 0 Å². The van der Waals surface area contributed by atoms with Crippen molar-refractivity contribution < 1.29 is 27.4 Å². The Bertz CT molecular complexity index is 1140. The Morgan fingerprint density at radius 1 is 1.25 bits per heavy atom. The van der Waals surface area contributed by atoms with Crippen molar-refractivity contribution in [2.45, 2.75) is 49.5 Å². The number of aliphatic hydroxyl groups excluding tert-OH is 1. The van der Waals surface area contributed by atoms with Crippen molar-refractivity contribution in [1.82, 2.24) is 19.9 Å². The molecule has 2 aromatic heterocycles. The number of benzene rings is 1. The number of ether oxygens (including phenoxy) is 1. The van der Waals surface area contributed by atoms with E-state index in [1.54, 1.807) is 10.7 Å². The van der Waals surface area contributed by atoms with Gasteiger partial charge in [-0.3, -0.25) is 0 Å². The summed E-state index contributed by atoms with van der Waals surface area (Å²) in [5.41, 5.74) is 0.0808. The van der Waals surface area contributed by atoms with E-state index in [0.29, 0.717) is 17.6 Å². The maximum Gasteiger partial charge on any atom is 0.416 e. The molecule has 2 N–H and O–H groups in total. The lowest BCUT2D eigenvalue weighted by atomic mass is 9.79. The Balaban J connectivity index is 1.46. The molecule has 1 aliphatic carbocycles. The van der Waals surface area contributed by atoms with Crippen molar-refractivity contribution in [3.63, 3.8) is 0 Å². The van der Waals surface area contributed by atoms with Crippen LogP contribution in [-0.2, 0) is 23.0 Å². The molecule has 2 aliphatic rings. The van der Waals surface area contributed by atoms with E-state index in [0.717, 1.165) is 36.1 Å². The van der Waals surface area contributed by atoms with Crippen molar-refractivity contribution in [2.75, 3.05) is 13.2 Å². The molecule has 1 aromatic carbocycles. The molecule has 5 rings (SSSR count). The monoisotopic (exact) mass is 450 g/mol. The molecule has 1 aliphatic heterocycles. The van der Waals surface area contributed by atoms with Crippen LogP contribution in [0.25, 0.3) is 5.65 Å². The zero-order valence-corrected chi connectivity index (χ0v) is 17.1. The third-order valence-electron chi connectivity index (χ3n) is 6.35. The summed E-state index contributed by atoms with van der Waals surface area (Å²) in [4.78, 5) is 4.51. The molecule has 170 valence electrons. The van der Waals surface area contributed by atoms with Gasteiger partial charge in [-0.15, -0.1) is 0 Å². The Morgan fingerprint density at radius 3 is 2.75 bits per heavy atom. The second kappa shape index (κ2) is 7.79. The number of nitrogens with zero attached hydrogens (tertiary/aromatic N) is 3. The van der Waals surface area contributed by atoms with Gasteiger partial charge in [-0.25, -0.2) is 13.9 Å². The molecule has 0 radical (unpaired) electrons. The van der Waals surface area contributed by atoms with Crippen LogP contribution in [0.15, 0.2) is 36.8 Å². The summed E-state index contributed by atoms with van der Waals surface area (Å²) in [6.07, 6.45) is 2.08. The third kappa shape index (κ3) is 3.76. The molecule has 0 spiro atoms. The topological polar surface area (TPSA) is 71.7 Å². The van der Waals surface area contributed by atoms with Gasteiger partial charge < -0.3 is 15.2 Å². The van der Waals surface area contributed by atoms with Crippen molar-refractivity contribution in [1.29, 1.82) is 0 Å². The Labute approximate surface area is 181 Å².